The molecule has 6 rings (SSSR count). The van der Waals surface area contributed by atoms with Crippen LogP contribution in [0.3, 0.4) is 0 Å². The fourth-order valence-electron chi connectivity index (χ4n) is 5.24. The second-order valence-electron chi connectivity index (χ2n) is 11.6. The molecule has 9 heteroatoms. The van der Waals surface area contributed by atoms with Crippen LogP contribution in [0, 0.1) is 0 Å². The van der Waals surface area contributed by atoms with Gasteiger partial charge < -0.3 is 35.0 Å². The number of phenols is 2. The second-order valence-corrected chi connectivity index (χ2v) is 19.2. The van der Waals surface area contributed by atoms with E-state index in [-0.39, 0.29) is 51.0 Å². The standard InChI is InChI=1S/2C21H21OPS.2ClH.Zr/c2*1-16(2)24-20-15-9-14-19(21(20)22)23(17-10-5-3-6-11-17)18-12-7-4-8-13-18;;;/h2*3-16,22H,1-2H3;2*1H;/q;;;;+2/p-2. The first kappa shape index (κ1) is 45.1. The quantitative estimate of drug-likeness (QED) is 0.164. The summed E-state index contributed by atoms with van der Waals surface area (Å²) in [5.41, 5.74) is 0. The molecule has 2 nitrogen and oxygen atoms in total. The zero-order chi connectivity index (χ0) is 33.9. The third kappa shape index (κ3) is 12.5. The molecule has 2 N–H and O–H groups in total. The third-order valence-corrected chi connectivity index (χ3v) is 14.3. The predicted octanol–water partition coefficient (Wildman–Crippen LogP) is 3.31. The first-order chi connectivity index (χ1) is 23.3. The number of thioether (sulfide) groups is 2. The van der Waals surface area contributed by atoms with Gasteiger partial charge in [-0.1, -0.05) is 173 Å². The maximum atomic E-state index is 10.9. The van der Waals surface area contributed by atoms with Gasteiger partial charge in [0, 0.05) is 21.1 Å². The van der Waals surface area contributed by atoms with Crippen molar-refractivity contribution in [3.05, 3.63) is 158 Å². The monoisotopic (exact) mass is 864 g/mol. The molecule has 0 atom stereocenters. The van der Waals surface area contributed by atoms with Gasteiger partial charge >= 0.3 is 26.2 Å². The molecule has 0 aliphatic rings. The van der Waals surface area contributed by atoms with Gasteiger partial charge in [-0.15, -0.1) is 23.5 Å². The predicted molar refractivity (Wildman–Crippen MR) is 216 cm³/mol. The van der Waals surface area contributed by atoms with E-state index in [0.29, 0.717) is 22.0 Å². The molecule has 6 aromatic rings. The molecule has 0 heterocycles. The molecular weight excluding hydrogens is 825 g/mol. The summed E-state index contributed by atoms with van der Waals surface area (Å²) in [6.45, 7) is 8.59. The van der Waals surface area contributed by atoms with Crippen LogP contribution < -0.4 is 56.6 Å². The van der Waals surface area contributed by atoms with Crippen LogP contribution in [0.15, 0.2) is 168 Å². The van der Waals surface area contributed by atoms with Crippen molar-refractivity contribution in [2.45, 2.75) is 48.0 Å². The molecule has 0 fully saturated rings. The molecule has 262 valence electrons. The summed E-state index contributed by atoms with van der Waals surface area (Å²) in [4.78, 5) is 1.92. The van der Waals surface area contributed by atoms with Gasteiger partial charge in [-0.25, -0.2) is 0 Å². The van der Waals surface area contributed by atoms with Gasteiger partial charge in [-0.2, -0.15) is 0 Å². The van der Waals surface area contributed by atoms with Crippen LogP contribution in [0.1, 0.15) is 27.7 Å². The van der Waals surface area contributed by atoms with E-state index in [4.69, 9.17) is 0 Å². The van der Waals surface area contributed by atoms with Gasteiger partial charge in [0.2, 0.25) is 0 Å². The molecule has 0 aromatic heterocycles. The van der Waals surface area contributed by atoms with E-state index in [2.05, 4.69) is 149 Å². The number of para-hydroxylation sites is 2. The van der Waals surface area contributed by atoms with Crippen LogP contribution in [0.4, 0.5) is 0 Å². The Labute approximate surface area is 346 Å². The minimum atomic E-state index is -0.771. The number of rotatable bonds is 10. The van der Waals surface area contributed by atoms with E-state index in [1.54, 1.807) is 23.5 Å². The van der Waals surface area contributed by atoms with Crippen LogP contribution in [0.5, 0.6) is 11.5 Å². The Morgan fingerprint density at radius 1 is 0.392 bits per heavy atom. The Kier molecular flexibility index (Phi) is 20.2. The minimum Gasteiger partial charge on any atom is -1.00 e. The van der Waals surface area contributed by atoms with Crippen LogP contribution in [-0.2, 0) is 26.2 Å². The molecule has 0 saturated carbocycles. The molecule has 0 unspecified atom stereocenters. The molecule has 0 radical (unpaired) electrons. The summed E-state index contributed by atoms with van der Waals surface area (Å²) in [5.74, 6) is 0.852. The van der Waals surface area contributed by atoms with Crippen molar-refractivity contribution < 1.29 is 61.2 Å². The fraction of sp³-hybridized carbons (Fsp3) is 0.143. The van der Waals surface area contributed by atoms with Crippen molar-refractivity contribution in [3.63, 3.8) is 0 Å². The molecule has 0 spiro atoms. The van der Waals surface area contributed by atoms with E-state index in [1.165, 1.54) is 21.2 Å². The second kappa shape index (κ2) is 22.9. The Balaban J connectivity index is 0.000000334. The number of halogens is 2. The van der Waals surface area contributed by atoms with Crippen LogP contribution in [0.2, 0.25) is 0 Å². The van der Waals surface area contributed by atoms with Gasteiger partial charge in [0.05, 0.1) is 9.79 Å². The zero-order valence-corrected chi connectivity index (χ0v) is 36.4. The minimum absolute atomic E-state index is 0. The molecule has 0 saturated heterocycles. The summed E-state index contributed by atoms with van der Waals surface area (Å²) in [5, 5.41) is 29.8. The van der Waals surface area contributed by atoms with Crippen molar-refractivity contribution in [2.24, 2.45) is 0 Å². The zero-order valence-electron chi connectivity index (χ0n) is 29.0. The topological polar surface area (TPSA) is 40.5 Å². The number of benzene rings is 6. The molecule has 0 bridgehead atoms. The fourth-order valence-corrected chi connectivity index (χ4v) is 11.9. The smallest absolute Gasteiger partial charge is 1.00 e. The summed E-state index contributed by atoms with van der Waals surface area (Å²) in [7, 11) is -1.54. The van der Waals surface area contributed by atoms with Crippen LogP contribution in [-0.4, -0.2) is 20.7 Å². The normalized spacial score (nSPS) is 10.5. The SMILES string of the molecule is CC(C)Sc1cccc(P(c2ccccc2)c2ccccc2)c1O.CC(C)Sc1cccc(P(c2ccccc2)c2ccccc2)c1O.[Cl-].[Cl-].[Zr+2]. The van der Waals surface area contributed by atoms with E-state index < -0.39 is 15.8 Å². The largest absolute Gasteiger partial charge is 2.00 e. The number of hydrogen-bond donors (Lipinski definition) is 2. The number of aromatic hydroxyl groups is 2. The molecule has 51 heavy (non-hydrogen) atoms. The van der Waals surface area contributed by atoms with E-state index in [0.717, 1.165) is 20.4 Å². The molecule has 6 aromatic carbocycles. The van der Waals surface area contributed by atoms with Crippen molar-refractivity contribution in [2.75, 3.05) is 0 Å². The van der Waals surface area contributed by atoms with Gasteiger partial charge in [0.1, 0.15) is 11.5 Å². The summed E-state index contributed by atoms with van der Waals surface area (Å²) in [6, 6.07) is 54.1. The van der Waals surface area contributed by atoms with E-state index in [9.17, 15) is 10.2 Å². The first-order valence-electron chi connectivity index (χ1n) is 16.1. The van der Waals surface area contributed by atoms with Crippen LogP contribution in [0.25, 0.3) is 0 Å². The average Bonchev–Trinajstić information content (AvgIpc) is 3.10. The molecule has 0 amide bonds. The molecule has 0 aliphatic heterocycles. The van der Waals surface area contributed by atoms with Gasteiger partial charge in [0.15, 0.2) is 0 Å². The number of hydrogen-bond acceptors (Lipinski definition) is 4. The van der Waals surface area contributed by atoms with Crippen LogP contribution >= 0.6 is 39.4 Å². The third-order valence-electron chi connectivity index (χ3n) is 7.22. The molecular formula is C42H42Cl2O2P2S2Zr. The Morgan fingerprint density at radius 3 is 0.882 bits per heavy atom. The van der Waals surface area contributed by atoms with Crippen molar-refractivity contribution in [1.82, 2.24) is 0 Å². The summed E-state index contributed by atoms with van der Waals surface area (Å²) in [6.07, 6.45) is 0. The average molecular weight is 867 g/mol. The Morgan fingerprint density at radius 2 is 0.647 bits per heavy atom. The first-order valence-corrected chi connectivity index (χ1v) is 20.6. The van der Waals surface area contributed by atoms with Crippen molar-refractivity contribution in [3.8, 4) is 11.5 Å². The number of phenolic OH excluding ortho intramolecular Hbond substituents is 2. The summed E-state index contributed by atoms with van der Waals surface area (Å²) < 4.78 is 0. The maximum Gasteiger partial charge on any atom is 2.00 e. The van der Waals surface area contributed by atoms with E-state index >= 15 is 0 Å². The summed E-state index contributed by atoms with van der Waals surface area (Å²) >= 11 is 3.41. The van der Waals surface area contributed by atoms with Gasteiger partial charge in [-0.3, -0.25) is 0 Å². The van der Waals surface area contributed by atoms with Crippen molar-refractivity contribution >= 4 is 71.2 Å². The Bertz CT molecular complexity index is 1650. The Hall–Kier alpha value is -2.06. The molecule has 0 aliphatic carbocycles. The van der Waals surface area contributed by atoms with E-state index in [1.807, 2.05) is 36.4 Å². The van der Waals surface area contributed by atoms with Gasteiger partial charge in [-0.05, 0) is 49.2 Å². The van der Waals surface area contributed by atoms with Gasteiger partial charge in [0.25, 0.3) is 0 Å². The maximum absolute atomic E-state index is 10.9. The van der Waals surface area contributed by atoms with Crippen molar-refractivity contribution in [1.29, 1.82) is 0 Å².